The number of carbonyl (C=O) groups is 1. The molecule has 1 amide bonds. The first kappa shape index (κ1) is 17.0. The van der Waals surface area contributed by atoms with E-state index < -0.39 is 10.0 Å². The predicted molar refractivity (Wildman–Crippen MR) is 87.1 cm³/mol. The highest BCUT2D eigenvalue weighted by atomic mass is 32.2. The fourth-order valence-electron chi connectivity index (χ4n) is 2.77. The van der Waals surface area contributed by atoms with Crippen LogP contribution in [0, 0.1) is 6.92 Å². The van der Waals surface area contributed by atoms with E-state index in [0.29, 0.717) is 39.0 Å². The van der Waals surface area contributed by atoms with Crippen LogP contribution < -0.4 is 0 Å². The number of hydrogen-bond donors (Lipinski definition) is 0. The van der Waals surface area contributed by atoms with Crippen LogP contribution in [0.5, 0.6) is 0 Å². The minimum absolute atomic E-state index is 0.110. The Hall–Kier alpha value is -1.40. The standard InChI is InChI=1S/C16H24N2O3S/c1-14-6-3-4-7-15(14)8-9-16(19)17-10-5-11-18(13-12-17)22(2,20)21/h3-4,6-7H,5,8-13H2,1-2H3. The molecule has 5 nitrogen and oxygen atoms in total. The molecule has 0 saturated carbocycles. The van der Waals surface area contributed by atoms with E-state index >= 15 is 0 Å². The summed E-state index contributed by atoms with van der Waals surface area (Å²) in [6.45, 7) is 4.07. The van der Waals surface area contributed by atoms with Crippen molar-refractivity contribution in [1.29, 1.82) is 0 Å². The summed E-state index contributed by atoms with van der Waals surface area (Å²) in [5.74, 6) is 0.110. The molecule has 0 spiro atoms. The zero-order valence-electron chi connectivity index (χ0n) is 13.3. The first-order chi connectivity index (χ1) is 10.4. The van der Waals surface area contributed by atoms with Gasteiger partial charge in [-0.15, -0.1) is 0 Å². The topological polar surface area (TPSA) is 57.7 Å². The average Bonchev–Trinajstić information content (AvgIpc) is 2.71. The summed E-state index contributed by atoms with van der Waals surface area (Å²) in [5.41, 5.74) is 2.40. The van der Waals surface area contributed by atoms with Crippen molar-refractivity contribution in [2.24, 2.45) is 0 Å². The molecule has 0 radical (unpaired) electrons. The van der Waals surface area contributed by atoms with E-state index in [0.717, 1.165) is 6.42 Å². The Bertz CT molecular complexity index is 628. The highest BCUT2D eigenvalue weighted by Crippen LogP contribution is 2.12. The molecule has 0 aliphatic carbocycles. The Morgan fingerprint density at radius 1 is 1.14 bits per heavy atom. The van der Waals surface area contributed by atoms with Gasteiger partial charge in [-0.2, -0.15) is 0 Å². The number of amides is 1. The fourth-order valence-corrected chi connectivity index (χ4v) is 3.64. The molecular weight excluding hydrogens is 300 g/mol. The SMILES string of the molecule is Cc1ccccc1CCC(=O)N1CCCN(S(C)(=O)=O)CC1. The molecule has 0 unspecified atom stereocenters. The lowest BCUT2D eigenvalue weighted by molar-refractivity contribution is -0.131. The van der Waals surface area contributed by atoms with Crippen molar-refractivity contribution in [3.05, 3.63) is 35.4 Å². The van der Waals surface area contributed by atoms with Gasteiger partial charge in [0.2, 0.25) is 15.9 Å². The van der Waals surface area contributed by atoms with Crippen LogP contribution in [0.25, 0.3) is 0 Å². The van der Waals surface area contributed by atoms with Crippen molar-refractivity contribution in [3.8, 4) is 0 Å². The van der Waals surface area contributed by atoms with Gasteiger partial charge in [-0.1, -0.05) is 24.3 Å². The molecule has 1 heterocycles. The first-order valence-electron chi connectivity index (χ1n) is 7.65. The summed E-state index contributed by atoms with van der Waals surface area (Å²) >= 11 is 0. The van der Waals surface area contributed by atoms with Crippen molar-refractivity contribution in [2.75, 3.05) is 32.4 Å². The molecular formula is C16H24N2O3S. The summed E-state index contributed by atoms with van der Waals surface area (Å²) in [6.07, 6.45) is 3.13. The Kier molecular flexibility index (Phi) is 5.58. The van der Waals surface area contributed by atoms with Gasteiger partial charge in [0.15, 0.2) is 0 Å². The lowest BCUT2D eigenvalue weighted by Gasteiger charge is -2.21. The van der Waals surface area contributed by atoms with E-state index in [2.05, 4.69) is 19.1 Å². The van der Waals surface area contributed by atoms with Crippen LogP contribution in [-0.4, -0.2) is 56.0 Å². The van der Waals surface area contributed by atoms with Crippen molar-refractivity contribution < 1.29 is 13.2 Å². The molecule has 1 aromatic carbocycles. The van der Waals surface area contributed by atoms with Crippen LogP contribution in [0.15, 0.2) is 24.3 Å². The van der Waals surface area contributed by atoms with Crippen LogP contribution in [0.4, 0.5) is 0 Å². The van der Waals surface area contributed by atoms with Gasteiger partial charge in [-0.25, -0.2) is 12.7 Å². The monoisotopic (exact) mass is 324 g/mol. The summed E-state index contributed by atoms with van der Waals surface area (Å²) < 4.78 is 24.6. The number of benzene rings is 1. The maximum absolute atomic E-state index is 12.3. The van der Waals surface area contributed by atoms with E-state index in [1.54, 1.807) is 4.90 Å². The van der Waals surface area contributed by atoms with Crippen LogP contribution in [0.1, 0.15) is 24.0 Å². The molecule has 0 aromatic heterocycles. The molecule has 122 valence electrons. The number of aryl methyl sites for hydroxylation is 2. The second kappa shape index (κ2) is 7.24. The van der Waals surface area contributed by atoms with Gasteiger partial charge in [-0.3, -0.25) is 4.79 Å². The van der Waals surface area contributed by atoms with E-state index in [-0.39, 0.29) is 5.91 Å². The summed E-state index contributed by atoms with van der Waals surface area (Å²) in [5, 5.41) is 0. The third kappa shape index (κ3) is 4.55. The van der Waals surface area contributed by atoms with Crippen molar-refractivity contribution in [1.82, 2.24) is 9.21 Å². The number of rotatable bonds is 4. The minimum Gasteiger partial charge on any atom is -0.341 e. The van der Waals surface area contributed by atoms with E-state index in [4.69, 9.17) is 0 Å². The van der Waals surface area contributed by atoms with Gasteiger partial charge < -0.3 is 4.90 Å². The summed E-state index contributed by atoms with van der Waals surface area (Å²) in [6, 6.07) is 8.09. The van der Waals surface area contributed by atoms with Crippen LogP contribution >= 0.6 is 0 Å². The molecule has 6 heteroatoms. The molecule has 22 heavy (non-hydrogen) atoms. The summed E-state index contributed by atoms with van der Waals surface area (Å²) in [7, 11) is -3.16. The van der Waals surface area contributed by atoms with Gasteiger partial charge >= 0.3 is 0 Å². The number of hydrogen-bond acceptors (Lipinski definition) is 3. The van der Waals surface area contributed by atoms with Crippen LogP contribution in [0.2, 0.25) is 0 Å². The Morgan fingerprint density at radius 2 is 1.86 bits per heavy atom. The van der Waals surface area contributed by atoms with Gasteiger partial charge in [0.25, 0.3) is 0 Å². The third-order valence-corrected chi connectivity index (χ3v) is 5.45. The van der Waals surface area contributed by atoms with Gasteiger partial charge in [0.05, 0.1) is 6.26 Å². The lowest BCUT2D eigenvalue weighted by atomic mass is 10.0. The zero-order valence-corrected chi connectivity index (χ0v) is 14.1. The van der Waals surface area contributed by atoms with Crippen LogP contribution in [0.3, 0.4) is 0 Å². The second-order valence-electron chi connectivity index (χ2n) is 5.82. The predicted octanol–water partition coefficient (Wildman–Crippen LogP) is 1.42. The molecule has 1 aliphatic heterocycles. The van der Waals surface area contributed by atoms with Gasteiger partial charge in [-0.05, 0) is 30.9 Å². The molecule has 0 bridgehead atoms. The molecule has 1 aliphatic rings. The maximum atomic E-state index is 12.3. The smallest absolute Gasteiger partial charge is 0.222 e. The molecule has 1 saturated heterocycles. The molecule has 1 aromatic rings. The first-order valence-corrected chi connectivity index (χ1v) is 9.50. The Morgan fingerprint density at radius 3 is 2.55 bits per heavy atom. The molecule has 2 rings (SSSR count). The second-order valence-corrected chi connectivity index (χ2v) is 7.81. The van der Waals surface area contributed by atoms with Gasteiger partial charge in [0, 0.05) is 32.6 Å². The largest absolute Gasteiger partial charge is 0.341 e. The zero-order chi connectivity index (χ0) is 16.2. The fraction of sp³-hybridized carbons (Fsp3) is 0.562. The quantitative estimate of drug-likeness (QED) is 0.842. The van der Waals surface area contributed by atoms with Crippen molar-refractivity contribution >= 4 is 15.9 Å². The molecule has 0 N–H and O–H groups in total. The summed E-state index contributed by atoms with van der Waals surface area (Å²) in [4.78, 5) is 14.1. The van der Waals surface area contributed by atoms with Gasteiger partial charge in [0.1, 0.15) is 0 Å². The third-order valence-electron chi connectivity index (χ3n) is 4.15. The Labute approximate surface area is 133 Å². The highest BCUT2D eigenvalue weighted by Gasteiger charge is 2.23. The average molecular weight is 324 g/mol. The minimum atomic E-state index is -3.16. The maximum Gasteiger partial charge on any atom is 0.222 e. The molecule has 0 atom stereocenters. The van der Waals surface area contributed by atoms with Crippen LogP contribution in [-0.2, 0) is 21.2 Å². The lowest BCUT2D eigenvalue weighted by Crippen LogP contribution is -2.37. The van der Waals surface area contributed by atoms with Crippen molar-refractivity contribution in [2.45, 2.75) is 26.2 Å². The number of sulfonamides is 1. The highest BCUT2D eigenvalue weighted by molar-refractivity contribution is 7.88. The van der Waals surface area contributed by atoms with E-state index in [9.17, 15) is 13.2 Å². The molecule has 1 fully saturated rings. The van der Waals surface area contributed by atoms with E-state index in [1.165, 1.54) is 21.7 Å². The van der Waals surface area contributed by atoms with Crippen molar-refractivity contribution in [3.63, 3.8) is 0 Å². The normalized spacial score (nSPS) is 17.3. The van der Waals surface area contributed by atoms with E-state index in [1.807, 2.05) is 12.1 Å². The number of nitrogens with zero attached hydrogens (tertiary/aromatic N) is 2. The number of carbonyl (C=O) groups excluding carboxylic acids is 1. The Balaban J connectivity index is 1.89.